The third kappa shape index (κ3) is 4.02. The predicted molar refractivity (Wildman–Crippen MR) is 216 cm³/mol. The second kappa shape index (κ2) is 10.8. The number of fused-ring (bicyclic) bond motifs is 11. The lowest BCUT2D eigenvalue weighted by Gasteiger charge is -2.41. The molecule has 0 radical (unpaired) electrons. The largest absolute Gasteiger partial charge is 0.456 e. The lowest BCUT2D eigenvalue weighted by Crippen LogP contribution is -2.56. The van der Waals surface area contributed by atoms with E-state index >= 15 is 0 Å². The molecule has 51 heavy (non-hydrogen) atoms. The second-order valence-electron chi connectivity index (χ2n) is 14.4. The van der Waals surface area contributed by atoms with E-state index in [4.69, 9.17) is 4.42 Å². The molecule has 2 aliphatic rings. The summed E-state index contributed by atoms with van der Waals surface area (Å²) < 4.78 is 9.43. The number of benzene rings is 7. The summed E-state index contributed by atoms with van der Waals surface area (Å²) in [5.41, 5.74) is 18.3. The van der Waals surface area contributed by atoms with Gasteiger partial charge in [0.25, 0.3) is 0 Å². The molecule has 0 unspecified atom stereocenters. The Hall–Kier alpha value is -6.00. The van der Waals surface area contributed by atoms with Crippen LogP contribution in [0.15, 0.2) is 144 Å². The maximum Gasteiger partial charge on any atom is 0.333 e. The number of nitrogens with zero attached hydrogens (tertiary/aromatic N) is 2. The van der Waals surface area contributed by atoms with Crippen LogP contribution >= 0.6 is 0 Å². The van der Waals surface area contributed by atoms with E-state index in [1.165, 1.54) is 107 Å². The van der Waals surface area contributed by atoms with Gasteiger partial charge in [-0.2, -0.15) is 0 Å². The molecule has 0 N–H and O–H groups in total. The molecule has 242 valence electrons. The molecule has 0 bridgehead atoms. The SMILES string of the molecule is CCCCc1cc(C)cc(N2c3ccc(-c4ccccc4)cc3B3c4c2cc2oc5ccccc5c2c4-c2cccc4c5ccccc5n3c24)c1. The Balaban J connectivity index is 1.33. The van der Waals surface area contributed by atoms with E-state index < -0.39 is 0 Å². The molecule has 11 rings (SSSR count). The topological polar surface area (TPSA) is 21.3 Å². The Morgan fingerprint density at radius 3 is 2.33 bits per heavy atom. The Bertz CT molecular complexity index is 2880. The first-order chi connectivity index (χ1) is 25.2. The first-order valence-corrected chi connectivity index (χ1v) is 18.3. The van der Waals surface area contributed by atoms with Crippen LogP contribution in [0.1, 0.15) is 30.9 Å². The highest BCUT2D eigenvalue weighted by Gasteiger charge is 2.44. The molecule has 4 heteroatoms. The van der Waals surface area contributed by atoms with Gasteiger partial charge >= 0.3 is 6.85 Å². The number of aryl methyl sites for hydroxylation is 2. The van der Waals surface area contributed by atoms with E-state index in [1.807, 2.05) is 0 Å². The number of anilines is 3. The van der Waals surface area contributed by atoms with Gasteiger partial charge in [-0.3, -0.25) is 0 Å². The average molecular weight is 655 g/mol. The minimum Gasteiger partial charge on any atom is -0.456 e. The number of aromatic nitrogens is 1. The molecule has 0 amide bonds. The van der Waals surface area contributed by atoms with Crippen LogP contribution in [-0.2, 0) is 6.42 Å². The molecular formula is C47H35BN2O. The van der Waals surface area contributed by atoms with Gasteiger partial charge in [-0.15, -0.1) is 0 Å². The normalized spacial score (nSPS) is 13.1. The molecule has 0 saturated carbocycles. The van der Waals surface area contributed by atoms with Gasteiger partial charge in [0.05, 0.1) is 0 Å². The van der Waals surface area contributed by atoms with Crippen molar-refractivity contribution in [2.75, 3.05) is 4.90 Å². The Morgan fingerprint density at radius 2 is 1.45 bits per heavy atom. The van der Waals surface area contributed by atoms with E-state index in [0.29, 0.717) is 0 Å². The lowest BCUT2D eigenvalue weighted by molar-refractivity contribution is 0.669. The maximum atomic E-state index is 6.78. The summed E-state index contributed by atoms with van der Waals surface area (Å²) in [6.07, 6.45) is 3.42. The van der Waals surface area contributed by atoms with Gasteiger partial charge in [0.2, 0.25) is 0 Å². The van der Waals surface area contributed by atoms with Gasteiger partial charge < -0.3 is 13.8 Å². The summed E-state index contributed by atoms with van der Waals surface area (Å²) in [6.45, 7) is 4.48. The molecule has 0 aliphatic carbocycles. The molecule has 0 spiro atoms. The number of rotatable bonds is 5. The van der Waals surface area contributed by atoms with Crippen LogP contribution in [0, 0.1) is 6.92 Å². The number of furan rings is 1. The van der Waals surface area contributed by atoms with Crippen LogP contribution < -0.4 is 15.8 Å². The van der Waals surface area contributed by atoms with E-state index in [2.05, 4.69) is 163 Å². The van der Waals surface area contributed by atoms with Crippen LogP contribution in [-0.4, -0.2) is 11.3 Å². The molecule has 4 heterocycles. The number of hydrogen-bond donors (Lipinski definition) is 0. The van der Waals surface area contributed by atoms with Gasteiger partial charge in [0.1, 0.15) is 11.2 Å². The van der Waals surface area contributed by atoms with Gasteiger partial charge in [0, 0.05) is 61.3 Å². The molecule has 0 fully saturated rings. The third-order valence-corrected chi connectivity index (χ3v) is 11.3. The molecule has 0 atom stereocenters. The molecule has 7 aromatic carbocycles. The van der Waals surface area contributed by atoms with Crippen LogP contribution in [0.25, 0.3) is 66.0 Å². The molecule has 2 aromatic heterocycles. The van der Waals surface area contributed by atoms with Crippen molar-refractivity contribution >= 4 is 78.6 Å². The fraction of sp³-hybridized carbons (Fsp3) is 0.106. The quantitative estimate of drug-likeness (QED) is 0.172. The summed E-state index contributed by atoms with van der Waals surface area (Å²) in [7, 11) is 0. The molecule has 9 aromatic rings. The van der Waals surface area contributed by atoms with Gasteiger partial charge in [0.15, 0.2) is 0 Å². The summed E-state index contributed by atoms with van der Waals surface area (Å²) in [6, 6.07) is 51.8. The van der Waals surface area contributed by atoms with Crippen molar-refractivity contribution < 1.29 is 4.42 Å². The fourth-order valence-corrected chi connectivity index (χ4v) is 9.27. The Morgan fingerprint density at radius 1 is 0.647 bits per heavy atom. The highest BCUT2D eigenvalue weighted by molar-refractivity contribution is 6.90. The second-order valence-corrected chi connectivity index (χ2v) is 14.4. The first kappa shape index (κ1) is 28.8. The fourth-order valence-electron chi connectivity index (χ4n) is 9.27. The molecule has 0 saturated heterocycles. The van der Waals surface area contributed by atoms with Crippen molar-refractivity contribution in [3.05, 3.63) is 151 Å². The Kier molecular flexibility index (Phi) is 6.07. The average Bonchev–Trinajstić information content (AvgIpc) is 3.71. The third-order valence-electron chi connectivity index (χ3n) is 11.3. The van der Waals surface area contributed by atoms with Gasteiger partial charge in [-0.1, -0.05) is 116 Å². The smallest absolute Gasteiger partial charge is 0.333 e. The van der Waals surface area contributed by atoms with Crippen molar-refractivity contribution in [2.24, 2.45) is 0 Å². The van der Waals surface area contributed by atoms with Crippen molar-refractivity contribution in [1.82, 2.24) is 4.48 Å². The highest BCUT2D eigenvalue weighted by Crippen LogP contribution is 2.49. The number of para-hydroxylation sites is 3. The zero-order chi connectivity index (χ0) is 33.8. The van der Waals surface area contributed by atoms with Gasteiger partial charge in [-0.05, 0) is 88.8 Å². The number of unbranched alkanes of at least 4 members (excludes halogenated alkanes) is 1. The van der Waals surface area contributed by atoms with Crippen molar-refractivity contribution in [1.29, 1.82) is 0 Å². The number of hydrogen-bond acceptors (Lipinski definition) is 2. The summed E-state index contributed by atoms with van der Waals surface area (Å²) in [5.74, 6) is 0. The predicted octanol–water partition coefficient (Wildman–Crippen LogP) is 11.4. The van der Waals surface area contributed by atoms with Crippen LogP contribution in [0.5, 0.6) is 0 Å². The van der Waals surface area contributed by atoms with Crippen molar-refractivity contribution in [3.8, 4) is 22.3 Å². The molecule has 2 aliphatic heterocycles. The van der Waals surface area contributed by atoms with E-state index in [9.17, 15) is 0 Å². The summed E-state index contributed by atoms with van der Waals surface area (Å²) in [5, 5.41) is 4.95. The first-order valence-electron chi connectivity index (χ1n) is 18.3. The van der Waals surface area contributed by atoms with Crippen LogP contribution in [0.4, 0.5) is 17.1 Å². The molecular weight excluding hydrogens is 619 g/mol. The van der Waals surface area contributed by atoms with Crippen LogP contribution in [0.3, 0.4) is 0 Å². The van der Waals surface area contributed by atoms with E-state index in [-0.39, 0.29) is 6.85 Å². The van der Waals surface area contributed by atoms with Gasteiger partial charge in [-0.25, -0.2) is 0 Å². The summed E-state index contributed by atoms with van der Waals surface area (Å²) in [4.78, 5) is 2.53. The summed E-state index contributed by atoms with van der Waals surface area (Å²) >= 11 is 0. The Labute approximate surface area is 297 Å². The van der Waals surface area contributed by atoms with Crippen molar-refractivity contribution in [3.63, 3.8) is 0 Å². The molecule has 3 nitrogen and oxygen atoms in total. The van der Waals surface area contributed by atoms with Crippen LogP contribution in [0.2, 0.25) is 0 Å². The monoisotopic (exact) mass is 654 g/mol. The standard InChI is InChI=1S/C47H35BN2O/c1-3-4-13-30-24-29(2)25-33(26-30)49-40-23-22-32(31-14-6-5-7-15-31)27-38(40)48-46-41(49)28-43-44(36-17-9-11-21-42(36)51-43)45(46)37-19-12-18-35-34-16-8-10-20-39(34)50(48)47(35)37/h5-12,14-28H,3-4,13H2,1-2H3. The van der Waals surface area contributed by atoms with Crippen molar-refractivity contribution in [2.45, 2.75) is 33.1 Å². The maximum absolute atomic E-state index is 6.78. The minimum atomic E-state index is -0.0374. The van der Waals surface area contributed by atoms with E-state index in [1.54, 1.807) is 0 Å². The zero-order valence-electron chi connectivity index (χ0n) is 28.8. The zero-order valence-corrected chi connectivity index (χ0v) is 28.8. The lowest BCUT2D eigenvalue weighted by atomic mass is 9.44. The van der Waals surface area contributed by atoms with E-state index in [0.717, 1.165) is 17.6 Å². The minimum absolute atomic E-state index is 0.0374. The highest BCUT2D eigenvalue weighted by atomic mass is 16.3.